The van der Waals surface area contributed by atoms with Crippen LogP contribution in [0.2, 0.25) is 0 Å². The second-order valence-corrected chi connectivity index (χ2v) is 5.30. The lowest BCUT2D eigenvalue weighted by Crippen LogP contribution is -2.28. The van der Waals surface area contributed by atoms with Crippen LogP contribution in [0.4, 0.5) is 8.78 Å². The van der Waals surface area contributed by atoms with Gasteiger partial charge in [-0.15, -0.1) is 0 Å². The van der Waals surface area contributed by atoms with Gasteiger partial charge >= 0.3 is 0 Å². The topological polar surface area (TPSA) is 38.0 Å². The summed E-state index contributed by atoms with van der Waals surface area (Å²) >= 11 is 3.08. The van der Waals surface area contributed by atoms with Gasteiger partial charge in [0, 0.05) is 6.04 Å². The Hall–Kier alpha value is -0.520. The molecule has 1 unspecified atom stereocenters. The maximum atomic E-state index is 13.4. The van der Waals surface area contributed by atoms with Crippen molar-refractivity contribution in [1.29, 1.82) is 0 Å². The summed E-state index contributed by atoms with van der Waals surface area (Å²) in [6.45, 7) is 0. The molecule has 2 nitrogen and oxygen atoms in total. The third-order valence-electron chi connectivity index (χ3n) is 3.20. The first-order valence-electron chi connectivity index (χ1n) is 5.73. The Labute approximate surface area is 108 Å². The molecule has 0 heterocycles. The van der Waals surface area contributed by atoms with Crippen LogP contribution in [0.1, 0.15) is 37.3 Å². The van der Waals surface area contributed by atoms with E-state index in [2.05, 4.69) is 21.4 Å². The van der Waals surface area contributed by atoms with Crippen LogP contribution in [-0.4, -0.2) is 0 Å². The summed E-state index contributed by atoms with van der Waals surface area (Å²) in [5, 5.41) is 0. The van der Waals surface area contributed by atoms with Crippen molar-refractivity contribution in [3.63, 3.8) is 0 Å². The summed E-state index contributed by atoms with van der Waals surface area (Å²) in [6.07, 6.45) is 4.46. The van der Waals surface area contributed by atoms with Crippen LogP contribution in [0.25, 0.3) is 0 Å². The first kappa shape index (κ1) is 12.9. The van der Waals surface area contributed by atoms with Gasteiger partial charge in [-0.3, -0.25) is 11.3 Å². The number of halogens is 3. The molecule has 1 aromatic rings. The Morgan fingerprint density at radius 2 is 2.12 bits per heavy atom. The van der Waals surface area contributed by atoms with Crippen molar-refractivity contribution in [3.05, 3.63) is 33.8 Å². The monoisotopic (exact) mass is 304 g/mol. The zero-order valence-electron chi connectivity index (χ0n) is 9.35. The fourth-order valence-corrected chi connectivity index (χ4v) is 2.55. The Kier molecular flexibility index (Phi) is 4.12. The number of hydrazine groups is 1. The summed E-state index contributed by atoms with van der Waals surface area (Å²) in [5.41, 5.74) is 3.34. The van der Waals surface area contributed by atoms with E-state index >= 15 is 0 Å². The third kappa shape index (κ3) is 3.03. The van der Waals surface area contributed by atoms with Crippen molar-refractivity contribution in [2.45, 2.75) is 31.7 Å². The van der Waals surface area contributed by atoms with E-state index in [4.69, 9.17) is 5.84 Å². The van der Waals surface area contributed by atoms with Gasteiger partial charge in [0.25, 0.3) is 0 Å². The van der Waals surface area contributed by atoms with E-state index in [1.807, 2.05) is 0 Å². The molecule has 0 bridgehead atoms. The van der Waals surface area contributed by atoms with Gasteiger partial charge in [-0.2, -0.15) is 0 Å². The first-order chi connectivity index (χ1) is 8.13. The van der Waals surface area contributed by atoms with Gasteiger partial charge in [0.2, 0.25) is 0 Å². The van der Waals surface area contributed by atoms with Gasteiger partial charge in [0.05, 0.1) is 4.47 Å². The van der Waals surface area contributed by atoms with Crippen molar-refractivity contribution >= 4 is 15.9 Å². The van der Waals surface area contributed by atoms with Crippen LogP contribution >= 0.6 is 15.9 Å². The van der Waals surface area contributed by atoms with Crippen LogP contribution in [-0.2, 0) is 0 Å². The van der Waals surface area contributed by atoms with Gasteiger partial charge < -0.3 is 0 Å². The molecule has 0 amide bonds. The van der Waals surface area contributed by atoms with E-state index < -0.39 is 11.6 Å². The van der Waals surface area contributed by atoms with Crippen molar-refractivity contribution < 1.29 is 8.78 Å². The highest BCUT2D eigenvalue weighted by molar-refractivity contribution is 9.10. The molecule has 0 aliphatic heterocycles. The lowest BCUT2D eigenvalue weighted by atomic mass is 10.0. The molecule has 0 spiro atoms. The molecule has 1 saturated carbocycles. The minimum Gasteiger partial charge on any atom is -0.271 e. The Balaban J connectivity index is 2.14. The predicted octanol–water partition coefficient (Wildman–Crippen LogP) is 3.42. The lowest BCUT2D eigenvalue weighted by molar-refractivity contribution is 0.465. The second kappa shape index (κ2) is 5.42. The fraction of sp³-hybridized carbons (Fsp3) is 0.500. The zero-order valence-corrected chi connectivity index (χ0v) is 10.9. The number of rotatable bonds is 5. The number of hydrogen-bond donors (Lipinski definition) is 2. The Bertz CT molecular complexity index is 408. The van der Waals surface area contributed by atoms with E-state index in [9.17, 15) is 8.78 Å². The van der Waals surface area contributed by atoms with E-state index in [-0.39, 0.29) is 10.5 Å². The molecule has 0 radical (unpaired) electrons. The maximum absolute atomic E-state index is 13.4. The molecular formula is C12H15BrF2N2. The standard InChI is InChI=1S/C12H15BrF2N2/c13-11-8(4-5-9(14)12(11)15)10(17-16)6-3-7-1-2-7/h4-5,7,10,17H,1-3,6,16H2. The van der Waals surface area contributed by atoms with Gasteiger partial charge in [-0.25, -0.2) is 8.78 Å². The Morgan fingerprint density at radius 3 is 2.71 bits per heavy atom. The van der Waals surface area contributed by atoms with Gasteiger partial charge in [0.1, 0.15) is 0 Å². The average Bonchev–Trinajstić information content (AvgIpc) is 3.13. The molecule has 2 rings (SSSR count). The molecular weight excluding hydrogens is 290 g/mol. The predicted molar refractivity (Wildman–Crippen MR) is 66.1 cm³/mol. The highest BCUT2D eigenvalue weighted by Gasteiger charge is 2.24. The SMILES string of the molecule is NNC(CCC1CC1)c1ccc(F)c(F)c1Br. The van der Waals surface area contributed by atoms with Crippen LogP contribution in [0.15, 0.2) is 16.6 Å². The molecule has 1 aromatic carbocycles. The molecule has 1 aliphatic rings. The van der Waals surface area contributed by atoms with Crippen LogP contribution < -0.4 is 11.3 Å². The third-order valence-corrected chi connectivity index (χ3v) is 4.01. The highest BCUT2D eigenvalue weighted by atomic mass is 79.9. The molecule has 0 aromatic heterocycles. The average molecular weight is 305 g/mol. The maximum Gasteiger partial charge on any atom is 0.173 e. The van der Waals surface area contributed by atoms with Crippen LogP contribution in [0, 0.1) is 17.6 Å². The van der Waals surface area contributed by atoms with Crippen molar-refractivity contribution in [2.75, 3.05) is 0 Å². The first-order valence-corrected chi connectivity index (χ1v) is 6.52. The van der Waals surface area contributed by atoms with Gasteiger partial charge in [-0.1, -0.05) is 18.9 Å². The zero-order chi connectivity index (χ0) is 12.4. The summed E-state index contributed by atoms with van der Waals surface area (Å²) < 4.78 is 26.6. The van der Waals surface area contributed by atoms with Crippen LogP contribution in [0.3, 0.4) is 0 Å². The van der Waals surface area contributed by atoms with Crippen molar-refractivity contribution in [1.82, 2.24) is 5.43 Å². The molecule has 5 heteroatoms. The van der Waals surface area contributed by atoms with E-state index in [0.717, 1.165) is 24.8 Å². The number of nitrogens with two attached hydrogens (primary N) is 1. The number of benzene rings is 1. The Morgan fingerprint density at radius 1 is 1.41 bits per heavy atom. The molecule has 1 fully saturated rings. The van der Waals surface area contributed by atoms with Crippen molar-refractivity contribution in [3.8, 4) is 0 Å². The van der Waals surface area contributed by atoms with Crippen molar-refractivity contribution in [2.24, 2.45) is 11.8 Å². The summed E-state index contributed by atoms with van der Waals surface area (Å²) in [5.74, 6) is 4.57. The van der Waals surface area contributed by atoms with Gasteiger partial charge in [-0.05, 0) is 46.3 Å². The summed E-state index contributed by atoms with van der Waals surface area (Å²) in [6, 6.07) is 2.57. The van der Waals surface area contributed by atoms with E-state index in [1.165, 1.54) is 12.8 Å². The molecule has 1 atom stereocenters. The smallest absolute Gasteiger partial charge is 0.173 e. The molecule has 94 valence electrons. The molecule has 1 aliphatic carbocycles. The largest absolute Gasteiger partial charge is 0.271 e. The van der Waals surface area contributed by atoms with E-state index in [1.54, 1.807) is 6.07 Å². The van der Waals surface area contributed by atoms with Crippen LogP contribution in [0.5, 0.6) is 0 Å². The minimum absolute atomic E-state index is 0.139. The summed E-state index contributed by atoms with van der Waals surface area (Å²) in [4.78, 5) is 0. The van der Waals surface area contributed by atoms with E-state index in [0.29, 0.717) is 5.56 Å². The van der Waals surface area contributed by atoms with Gasteiger partial charge in [0.15, 0.2) is 11.6 Å². The second-order valence-electron chi connectivity index (χ2n) is 4.50. The molecule has 17 heavy (non-hydrogen) atoms. The lowest BCUT2D eigenvalue weighted by Gasteiger charge is -2.18. The highest BCUT2D eigenvalue weighted by Crippen LogP contribution is 2.37. The molecule has 0 saturated heterocycles. The minimum atomic E-state index is -0.853. The normalized spacial score (nSPS) is 17.2. The molecule has 3 N–H and O–H groups in total. The number of hydrogen-bond acceptors (Lipinski definition) is 2. The number of nitrogens with one attached hydrogen (secondary N) is 1. The quantitative estimate of drug-likeness (QED) is 0.497. The fourth-order valence-electron chi connectivity index (χ4n) is 1.95. The summed E-state index contributed by atoms with van der Waals surface area (Å²) in [7, 11) is 0.